The van der Waals surface area contributed by atoms with Crippen molar-refractivity contribution in [2.24, 2.45) is 5.41 Å². The van der Waals surface area contributed by atoms with Gasteiger partial charge >= 0.3 is 0 Å². The standard InChI is InChI=1S/C15H28N2OS/c1-11(18)7-15(5,6)10-16-8-12-9-19-13(17-12)14(2,3)4/h9,11,16,18H,7-8,10H2,1-6H3. The van der Waals surface area contributed by atoms with Crippen LogP contribution in [0, 0.1) is 5.41 Å². The van der Waals surface area contributed by atoms with Crippen LogP contribution in [0.15, 0.2) is 5.38 Å². The van der Waals surface area contributed by atoms with E-state index >= 15 is 0 Å². The second-order valence-corrected chi connectivity index (χ2v) is 8.07. The van der Waals surface area contributed by atoms with Gasteiger partial charge in [0.15, 0.2) is 0 Å². The summed E-state index contributed by atoms with van der Waals surface area (Å²) >= 11 is 1.73. The van der Waals surface area contributed by atoms with Gasteiger partial charge in [0.2, 0.25) is 0 Å². The first-order valence-electron chi connectivity index (χ1n) is 6.94. The van der Waals surface area contributed by atoms with Crippen molar-refractivity contribution in [3.63, 3.8) is 0 Å². The minimum absolute atomic E-state index is 0.108. The molecule has 19 heavy (non-hydrogen) atoms. The Hall–Kier alpha value is -0.450. The molecule has 0 amide bonds. The Morgan fingerprint density at radius 2 is 1.95 bits per heavy atom. The maximum atomic E-state index is 9.46. The highest BCUT2D eigenvalue weighted by atomic mass is 32.1. The molecule has 1 heterocycles. The van der Waals surface area contributed by atoms with Crippen molar-refractivity contribution < 1.29 is 5.11 Å². The molecular formula is C15H28N2OS. The lowest BCUT2D eigenvalue weighted by Crippen LogP contribution is -2.31. The van der Waals surface area contributed by atoms with E-state index in [2.05, 4.69) is 50.3 Å². The van der Waals surface area contributed by atoms with Gasteiger partial charge in [0.05, 0.1) is 16.8 Å². The first kappa shape index (κ1) is 16.6. The fourth-order valence-electron chi connectivity index (χ4n) is 2.13. The van der Waals surface area contributed by atoms with Crippen LogP contribution < -0.4 is 5.32 Å². The van der Waals surface area contributed by atoms with Crippen LogP contribution in [0.2, 0.25) is 0 Å². The Morgan fingerprint density at radius 1 is 1.32 bits per heavy atom. The molecule has 0 aliphatic rings. The lowest BCUT2D eigenvalue weighted by Gasteiger charge is -2.26. The summed E-state index contributed by atoms with van der Waals surface area (Å²) in [5.41, 5.74) is 1.36. The molecule has 0 aliphatic carbocycles. The lowest BCUT2D eigenvalue weighted by atomic mass is 9.87. The number of nitrogens with zero attached hydrogens (tertiary/aromatic N) is 1. The summed E-state index contributed by atoms with van der Waals surface area (Å²) in [4.78, 5) is 4.67. The summed E-state index contributed by atoms with van der Waals surface area (Å²) in [5, 5.41) is 16.2. The van der Waals surface area contributed by atoms with Crippen LogP contribution in [0.4, 0.5) is 0 Å². The van der Waals surface area contributed by atoms with Gasteiger partial charge in [0, 0.05) is 23.9 Å². The smallest absolute Gasteiger partial charge is 0.0982 e. The van der Waals surface area contributed by atoms with Gasteiger partial charge in [-0.1, -0.05) is 34.6 Å². The van der Waals surface area contributed by atoms with E-state index in [1.54, 1.807) is 11.3 Å². The van der Waals surface area contributed by atoms with Crippen molar-refractivity contribution in [3.8, 4) is 0 Å². The van der Waals surface area contributed by atoms with Crippen LogP contribution >= 0.6 is 11.3 Å². The van der Waals surface area contributed by atoms with E-state index in [0.717, 1.165) is 25.2 Å². The van der Waals surface area contributed by atoms with Gasteiger partial charge in [-0.3, -0.25) is 0 Å². The van der Waals surface area contributed by atoms with Crippen molar-refractivity contribution in [1.82, 2.24) is 10.3 Å². The predicted octanol–water partition coefficient (Wildman–Crippen LogP) is 3.33. The average molecular weight is 284 g/mol. The number of nitrogens with one attached hydrogen (secondary N) is 1. The minimum atomic E-state index is -0.247. The monoisotopic (exact) mass is 284 g/mol. The Morgan fingerprint density at radius 3 is 2.42 bits per heavy atom. The van der Waals surface area contributed by atoms with Gasteiger partial charge in [-0.05, 0) is 18.8 Å². The Labute approximate surface area is 121 Å². The Bertz CT molecular complexity index is 391. The van der Waals surface area contributed by atoms with E-state index < -0.39 is 0 Å². The molecule has 0 aromatic carbocycles. The van der Waals surface area contributed by atoms with Crippen molar-refractivity contribution >= 4 is 11.3 Å². The zero-order valence-corrected chi connectivity index (χ0v) is 13.9. The van der Waals surface area contributed by atoms with Crippen LogP contribution in [0.25, 0.3) is 0 Å². The van der Waals surface area contributed by atoms with Crippen molar-refractivity contribution in [2.45, 2.75) is 66.0 Å². The van der Waals surface area contributed by atoms with Gasteiger partial charge < -0.3 is 10.4 Å². The van der Waals surface area contributed by atoms with Gasteiger partial charge in [-0.15, -0.1) is 11.3 Å². The molecule has 110 valence electrons. The highest BCUT2D eigenvalue weighted by Gasteiger charge is 2.21. The number of aliphatic hydroxyl groups excluding tert-OH is 1. The van der Waals surface area contributed by atoms with E-state index in [9.17, 15) is 5.11 Å². The van der Waals surface area contributed by atoms with Crippen LogP contribution in [0.3, 0.4) is 0 Å². The summed E-state index contributed by atoms with van der Waals surface area (Å²) in [6.07, 6.45) is 0.563. The molecule has 0 radical (unpaired) electrons. The predicted molar refractivity (Wildman–Crippen MR) is 82.6 cm³/mol. The van der Waals surface area contributed by atoms with E-state index in [1.807, 2.05) is 6.92 Å². The summed E-state index contributed by atoms with van der Waals surface area (Å²) < 4.78 is 0. The molecule has 0 spiro atoms. The molecule has 0 saturated heterocycles. The second kappa shape index (κ2) is 6.33. The largest absolute Gasteiger partial charge is 0.393 e. The van der Waals surface area contributed by atoms with Gasteiger partial charge in [-0.25, -0.2) is 4.98 Å². The van der Waals surface area contributed by atoms with E-state index in [-0.39, 0.29) is 16.9 Å². The maximum absolute atomic E-state index is 9.46. The third-order valence-electron chi connectivity index (χ3n) is 2.95. The molecular weight excluding hydrogens is 256 g/mol. The SMILES string of the molecule is CC(O)CC(C)(C)CNCc1csc(C(C)(C)C)n1. The van der Waals surface area contributed by atoms with E-state index in [0.29, 0.717) is 0 Å². The molecule has 0 aliphatic heterocycles. The summed E-state index contributed by atoms with van der Waals surface area (Å²) in [5.74, 6) is 0. The normalized spacial score (nSPS) is 14.7. The van der Waals surface area contributed by atoms with Gasteiger partial charge in [-0.2, -0.15) is 0 Å². The van der Waals surface area contributed by atoms with Gasteiger partial charge in [0.1, 0.15) is 0 Å². The number of rotatable bonds is 6. The van der Waals surface area contributed by atoms with Crippen molar-refractivity contribution in [2.75, 3.05) is 6.54 Å². The van der Waals surface area contributed by atoms with Crippen molar-refractivity contribution in [3.05, 3.63) is 16.1 Å². The fourth-order valence-corrected chi connectivity index (χ4v) is 3.04. The first-order valence-corrected chi connectivity index (χ1v) is 7.82. The number of aliphatic hydroxyl groups is 1. The van der Waals surface area contributed by atoms with Gasteiger partial charge in [0.25, 0.3) is 0 Å². The molecule has 1 rings (SSSR count). The summed E-state index contributed by atoms with van der Waals surface area (Å²) in [6.45, 7) is 14.5. The lowest BCUT2D eigenvalue weighted by molar-refractivity contribution is 0.128. The van der Waals surface area contributed by atoms with Crippen molar-refractivity contribution in [1.29, 1.82) is 0 Å². The Balaban J connectivity index is 2.43. The molecule has 1 aromatic rings. The van der Waals surface area contributed by atoms with Crippen LogP contribution in [0.5, 0.6) is 0 Å². The highest BCUT2D eigenvalue weighted by molar-refractivity contribution is 7.09. The number of thiazole rings is 1. The maximum Gasteiger partial charge on any atom is 0.0982 e. The average Bonchev–Trinajstić information content (AvgIpc) is 2.62. The molecule has 1 atom stereocenters. The third kappa shape index (κ3) is 6.02. The molecule has 1 aromatic heterocycles. The third-order valence-corrected chi connectivity index (χ3v) is 4.27. The zero-order valence-electron chi connectivity index (χ0n) is 13.1. The van der Waals surface area contributed by atoms with E-state index in [1.165, 1.54) is 5.01 Å². The highest BCUT2D eigenvalue weighted by Crippen LogP contribution is 2.26. The number of hydrogen-bond donors (Lipinski definition) is 2. The van der Waals surface area contributed by atoms with Crippen LogP contribution in [0.1, 0.15) is 58.7 Å². The minimum Gasteiger partial charge on any atom is -0.393 e. The fraction of sp³-hybridized carbons (Fsp3) is 0.800. The number of hydrogen-bond acceptors (Lipinski definition) is 4. The molecule has 1 unspecified atom stereocenters. The zero-order chi connectivity index (χ0) is 14.7. The van der Waals surface area contributed by atoms with Crippen LogP contribution in [-0.2, 0) is 12.0 Å². The molecule has 0 saturated carbocycles. The first-order chi connectivity index (χ1) is 8.60. The molecule has 0 bridgehead atoms. The summed E-state index contributed by atoms with van der Waals surface area (Å²) in [7, 11) is 0. The molecule has 3 nitrogen and oxygen atoms in total. The second-order valence-electron chi connectivity index (χ2n) is 7.21. The Kier molecular flexibility index (Phi) is 5.53. The molecule has 2 N–H and O–H groups in total. The molecule has 0 fully saturated rings. The summed E-state index contributed by atoms with van der Waals surface area (Å²) in [6, 6.07) is 0. The van der Waals surface area contributed by atoms with Crippen LogP contribution in [-0.4, -0.2) is 22.7 Å². The number of aromatic nitrogens is 1. The quantitative estimate of drug-likeness (QED) is 0.842. The topological polar surface area (TPSA) is 45.1 Å². The molecule has 4 heteroatoms. The van der Waals surface area contributed by atoms with E-state index in [4.69, 9.17) is 0 Å².